The van der Waals surface area contributed by atoms with Crippen LogP contribution in [-0.4, -0.2) is 54.3 Å². The Morgan fingerprint density at radius 3 is 2.30 bits per heavy atom. The zero-order valence-electron chi connectivity index (χ0n) is 14.8. The van der Waals surface area contributed by atoms with Gasteiger partial charge in [0.25, 0.3) is 5.56 Å². The van der Waals surface area contributed by atoms with Gasteiger partial charge >= 0.3 is 0 Å². The Morgan fingerprint density at radius 2 is 1.63 bits per heavy atom. The van der Waals surface area contributed by atoms with Crippen molar-refractivity contribution in [3.05, 3.63) is 76.1 Å². The molecule has 8 heteroatoms. The number of benzene rings is 1. The maximum Gasteiger partial charge on any atom is 0.250 e. The van der Waals surface area contributed by atoms with Gasteiger partial charge in [-0.1, -0.05) is 36.4 Å². The summed E-state index contributed by atoms with van der Waals surface area (Å²) in [6, 6.07) is 13.9. The molecule has 1 aromatic heterocycles. The number of pyridine rings is 1. The predicted octanol–water partition coefficient (Wildman–Crippen LogP) is 0.993. The van der Waals surface area contributed by atoms with Gasteiger partial charge in [0, 0.05) is 43.9 Å². The van der Waals surface area contributed by atoms with Crippen molar-refractivity contribution in [1.82, 2.24) is 13.8 Å². The molecule has 1 aliphatic heterocycles. The van der Waals surface area contributed by atoms with E-state index in [0.717, 1.165) is 5.56 Å². The molecule has 1 saturated heterocycles. The Labute approximate surface area is 158 Å². The number of rotatable bonds is 5. The number of piperazine rings is 1. The van der Waals surface area contributed by atoms with Gasteiger partial charge in [-0.05, 0) is 17.7 Å². The quantitative estimate of drug-likeness (QED) is 0.767. The molecule has 0 unspecified atom stereocenters. The van der Waals surface area contributed by atoms with Gasteiger partial charge in [-0.25, -0.2) is 8.42 Å². The summed E-state index contributed by atoms with van der Waals surface area (Å²) in [5.74, 6) is -0.194. The van der Waals surface area contributed by atoms with E-state index < -0.39 is 10.0 Å². The van der Waals surface area contributed by atoms with E-state index in [2.05, 4.69) is 0 Å². The minimum Gasteiger partial charge on any atom is -0.339 e. The normalized spacial score (nSPS) is 15.9. The lowest BCUT2D eigenvalue weighted by molar-refractivity contribution is -0.133. The second kappa shape index (κ2) is 8.32. The molecule has 1 aliphatic rings. The van der Waals surface area contributed by atoms with Crippen LogP contribution in [0.2, 0.25) is 0 Å². The second-order valence-corrected chi connectivity index (χ2v) is 8.02. The monoisotopic (exact) mass is 387 g/mol. The topological polar surface area (TPSA) is 79.7 Å². The molecule has 0 aliphatic carbocycles. The maximum atomic E-state index is 12.5. The van der Waals surface area contributed by atoms with Gasteiger partial charge in [0.2, 0.25) is 15.9 Å². The first kappa shape index (κ1) is 19.1. The summed E-state index contributed by atoms with van der Waals surface area (Å²) in [4.78, 5) is 25.7. The number of carbonyl (C=O) groups is 1. The van der Waals surface area contributed by atoms with E-state index in [1.165, 1.54) is 20.3 Å². The molecule has 0 atom stereocenters. The summed E-state index contributed by atoms with van der Waals surface area (Å²) in [6.07, 6.45) is 3.13. The maximum absolute atomic E-state index is 12.5. The van der Waals surface area contributed by atoms with Crippen LogP contribution in [0.15, 0.2) is 64.9 Å². The molecule has 27 heavy (non-hydrogen) atoms. The number of hydrogen-bond acceptors (Lipinski definition) is 4. The van der Waals surface area contributed by atoms with E-state index in [1.807, 2.05) is 30.3 Å². The first-order chi connectivity index (χ1) is 13.0. The average molecular weight is 387 g/mol. The summed E-state index contributed by atoms with van der Waals surface area (Å²) < 4.78 is 27.6. The Hall–Kier alpha value is -2.71. The molecule has 0 bridgehead atoms. The second-order valence-electron chi connectivity index (χ2n) is 6.20. The molecule has 0 saturated carbocycles. The highest BCUT2D eigenvalue weighted by molar-refractivity contribution is 7.92. The number of sulfonamides is 1. The van der Waals surface area contributed by atoms with Gasteiger partial charge < -0.3 is 9.47 Å². The number of nitrogens with zero attached hydrogens (tertiary/aromatic N) is 3. The van der Waals surface area contributed by atoms with E-state index >= 15 is 0 Å². The van der Waals surface area contributed by atoms with Crippen molar-refractivity contribution in [2.24, 2.45) is 0 Å². The lowest BCUT2D eigenvalue weighted by atomic mass is 10.2. The third-order valence-electron chi connectivity index (χ3n) is 4.39. The Morgan fingerprint density at radius 1 is 0.963 bits per heavy atom. The third kappa shape index (κ3) is 4.93. The van der Waals surface area contributed by atoms with Crippen LogP contribution in [0.25, 0.3) is 6.08 Å². The molecule has 2 aromatic rings. The van der Waals surface area contributed by atoms with Crippen LogP contribution in [0.3, 0.4) is 0 Å². The van der Waals surface area contributed by atoms with E-state index in [0.29, 0.717) is 13.1 Å². The number of aromatic nitrogens is 1. The van der Waals surface area contributed by atoms with Gasteiger partial charge in [-0.15, -0.1) is 0 Å². The highest BCUT2D eigenvalue weighted by atomic mass is 32.2. The fourth-order valence-corrected chi connectivity index (χ4v) is 4.02. The van der Waals surface area contributed by atoms with Gasteiger partial charge in [0.05, 0.1) is 0 Å². The minimum atomic E-state index is -3.54. The zero-order valence-corrected chi connectivity index (χ0v) is 15.6. The Kier molecular flexibility index (Phi) is 5.88. The van der Waals surface area contributed by atoms with Crippen molar-refractivity contribution < 1.29 is 13.2 Å². The molecule has 0 N–H and O–H groups in total. The summed E-state index contributed by atoms with van der Waals surface area (Å²) in [5.41, 5.74) is 0.571. The van der Waals surface area contributed by atoms with Crippen LogP contribution in [0.5, 0.6) is 0 Å². The van der Waals surface area contributed by atoms with Crippen LogP contribution < -0.4 is 5.56 Å². The lowest BCUT2D eigenvalue weighted by Crippen LogP contribution is -2.51. The van der Waals surface area contributed by atoms with E-state index in [4.69, 9.17) is 0 Å². The van der Waals surface area contributed by atoms with Crippen LogP contribution >= 0.6 is 0 Å². The lowest BCUT2D eigenvalue weighted by Gasteiger charge is -2.33. The van der Waals surface area contributed by atoms with Crippen LogP contribution in [-0.2, 0) is 21.4 Å². The van der Waals surface area contributed by atoms with E-state index in [-0.39, 0.29) is 31.1 Å². The first-order valence-corrected chi connectivity index (χ1v) is 10.1. The van der Waals surface area contributed by atoms with Crippen molar-refractivity contribution in [1.29, 1.82) is 0 Å². The number of carbonyl (C=O) groups excluding carboxylic acids is 1. The van der Waals surface area contributed by atoms with E-state index in [9.17, 15) is 18.0 Å². The fraction of sp³-hybridized carbons (Fsp3) is 0.263. The standard InChI is InChI=1S/C19H21N3O4S/c23-18-8-4-5-10-21(18)16-19(24)20-11-13-22(14-12-20)27(25,26)15-9-17-6-2-1-3-7-17/h1-10,15H,11-14,16H2. The predicted molar refractivity (Wildman–Crippen MR) is 103 cm³/mol. The largest absolute Gasteiger partial charge is 0.339 e. The summed E-state index contributed by atoms with van der Waals surface area (Å²) in [6.45, 7) is 1.03. The SMILES string of the molecule is O=C(Cn1ccccc1=O)N1CCN(S(=O)(=O)C=Cc2ccccc2)CC1. The third-order valence-corrected chi connectivity index (χ3v) is 5.95. The Balaban J connectivity index is 1.58. The average Bonchev–Trinajstić information content (AvgIpc) is 2.69. The summed E-state index contributed by atoms with van der Waals surface area (Å²) in [5, 5.41) is 1.20. The molecule has 0 spiro atoms. The van der Waals surface area contributed by atoms with Crippen LogP contribution in [0.1, 0.15) is 5.56 Å². The van der Waals surface area contributed by atoms with Gasteiger partial charge in [-0.2, -0.15) is 4.31 Å². The van der Waals surface area contributed by atoms with Crippen LogP contribution in [0, 0.1) is 0 Å². The molecule has 1 fully saturated rings. The van der Waals surface area contributed by atoms with Crippen molar-refractivity contribution in [3.63, 3.8) is 0 Å². The van der Waals surface area contributed by atoms with Crippen molar-refractivity contribution in [2.75, 3.05) is 26.2 Å². The molecule has 1 aromatic carbocycles. The number of hydrogen-bond donors (Lipinski definition) is 0. The molecule has 3 rings (SSSR count). The molecule has 7 nitrogen and oxygen atoms in total. The molecule has 2 heterocycles. The smallest absolute Gasteiger partial charge is 0.250 e. The van der Waals surface area contributed by atoms with Crippen molar-refractivity contribution >= 4 is 22.0 Å². The van der Waals surface area contributed by atoms with Gasteiger partial charge in [-0.3, -0.25) is 9.59 Å². The molecular formula is C19H21N3O4S. The summed E-state index contributed by atoms with van der Waals surface area (Å²) >= 11 is 0. The first-order valence-electron chi connectivity index (χ1n) is 8.62. The van der Waals surface area contributed by atoms with Crippen molar-refractivity contribution in [2.45, 2.75) is 6.54 Å². The Bertz CT molecular complexity index is 975. The highest BCUT2D eigenvalue weighted by Crippen LogP contribution is 2.12. The number of amides is 1. The summed E-state index contributed by atoms with van der Waals surface area (Å²) in [7, 11) is -3.54. The minimum absolute atomic E-state index is 0.0413. The molecule has 0 radical (unpaired) electrons. The zero-order chi connectivity index (χ0) is 19.3. The molecular weight excluding hydrogens is 366 g/mol. The van der Waals surface area contributed by atoms with Gasteiger partial charge in [0.1, 0.15) is 6.54 Å². The molecule has 1 amide bonds. The van der Waals surface area contributed by atoms with Gasteiger partial charge in [0.15, 0.2) is 0 Å². The fourth-order valence-electron chi connectivity index (χ4n) is 2.84. The van der Waals surface area contributed by atoms with Crippen LogP contribution in [0.4, 0.5) is 0 Å². The van der Waals surface area contributed by atoms with Crippen molar-refractivity contribution in [3.8, 4) is 0 Å². The molecule has 142 valence electrons. The van der Waals surface area contributed by atoms with E-state index in [1.54, 1.807) is 29.3 Å². The highest BCUT2D eigenvalue weighted by Gasteiger charge is 2.27.